The third-order valence-corrected chi connectivity index (χ3v) is 1.06. The SMILES string of the molecule is CC(CNCN)NCN. The second kappa shape index (κ2) is 5.97. The average molecular weight is 132 g/mol. The van der Waals surface area contributed by atoms with Gasteiger partial charge in [-0.15, -0.1) is 0 Å². The van der Waals surface area contributed by atoms with E-state index in [2.05, 4.69) is 17.6 Å². The molecule has 0 bridgehead atoms. The Balaban J connectivity index is 2.95. The summed E-state index contributed by atoms with van der Waals surface area (Å²) in [6.07, 6.45) is 0. The zero-order valence-electron chi connectivity index (χ0n) is 5.85. The highest BCUT2D eigenvalue weighted by molar-refractivity contribution is 4.60. The maximum absolute atomic E-state index is 5.23. The van der Waals surface area contributed by atoms with Crippen LogP contribution in [0.4, 0.5) is 0 Å². The van der Waals surface area contributed by atoms with E-state index in [-0.39, 0.29) is 0 Å². The van der Waals surface area contributed by atoms with Crippen LogP contribution in [0.25, 0.3) is 0 Å². The van der Waals surface area contributed by atoms with E-state index >= 15 is 0 Å². The molecule has 0 radical (unpaired) electrons. The highest BCUT2D eigenvalue weighted by Crippen LogP contribution is 1.72. The fourth-order valence-electron chi connectivity index (χ4n) is 0.573. The third kappa shape index (κ3) is 5.72. The van der Waals surface area contributed by atoms with Gasteiger partial charge in [0.05, 0.1) is 0 Å². The lowest BCUT2D eigenvalue weighted by Gasteiger charge is -2.11. The maximum atomic E-state index is 5.23. The van der Waals surface area contributed by atoms with E-state index in [0.29, 0.717) is 19.4 Å². The Morgan fingerprint density at radius 1 is 1.33 bits per heavy atom. The molecule has 0 amide bonds. The predicted molar refractivity (Wildman–Crippen MR) is 38.7 cm³/mol. The zero-order chi connectivity index (χ0) is 7.11. The normalized spacial score (nSPS) is 13.7. The Morgan fingerprint density at radius 3 is 2.44 bits per heavy atom. The van der Waals surface area contributed by atoms with E-state index in [9.17, 15) is 0 Å². The van der Waals surface area contributed by atoms with Gasteiger partial charge in [0, 0.05) is 25.9 Å². The van der Waals surface area contributed by atoms with Gasteiger partial charge in [-0.25, -0.2) is 0 Å². The number of nitrogens with two attached hydrogens (primary N) is 2. The minimum Gasteiger partial charge on any atom is -0.318 e. The molecule has 0 aliphatic carbocycles. The van der Waals surface area contributed by atoms with Crippen LogP contribution >= 0.6 is 0 Å². The minimum atomic E-state index is 0.401. The van der Waals surface area contributed by atoms with E-state index in [1.54, 1.807) is 0 Å². The lowest BCUT2D eigenvalue weighted by molar-refractivity contribution is 0.514. The molecule has 0 rings (SSSR count). The first kappa shape index (κ1) is 8.84. The van der Waals surface area contributed by atoms with Crippen LogP contribution in [0.3, 0.4) is 0 Å². The highest BCUT2D eigenvalue weighted by Gasteiger charge is 1.94. The standard InChI is InChI=1S/C5H16N4/c1-5(9-4-7)2-8-3-6/h5,8-9H,2-4,6-7H2,1H3. The molecule has 0 aromatic carbocycles. The van der Waals surface area contributed by atoms with E-state index in [0.717, 1.165) is 6.54 Å². The molecule has 1 atom stereocenters. The Kier molecular flexibility index (Phi) is 5.86. The number of hydrogen-bond donors (Lipinski definition) is 4. The van der Waals surface area contributed by atoms with Gasteiger partial charge in [0.1, 0.15) is 0 Å². The molecule has 4 nitrogen and oxygen atoms in total. The van der Waals surface area contributed by atoms with Crippen LogP contribution in [0.5, 0.6) is 0 Å². The summed E-state index contributed by atoms with van der Waals surface area (Å²) in [4.78, 5) is 0. The fraction of sp³-hybridized carbons (Fsp3) is 1.00. The van der Waals surface area contributed by atoms with Gasteiger partial charge >= 0.3 is 0 Å². The molecule has 56 valence electrons. The van der Waals surface area contributed by atoms with E-state index in [1.807, 2.05) is 0 Å². The van der Waals surface area contributed by atoms with Crippen LogP contribution in [-0.2, 0) is 0 Å². The second-order valence-corrected chi connectivity index (χ2v) is 1.97. The minimum absolute atomic E-state index is 0.401. The molecule has 0 saturated carbocycles. The van der Waals surface area contributed by atoms with Crippen LogP contribution in [0.1, 0.15) is 6.92 Å². The number of nitrogens with one attached hydrogen (secondary N) is 2. The van der Waals surface area contributed by atoms with Crippen molar-refractivity contribution >= 4 is 0 Å². The van der Waals surface area contributed by atoms with Crippen LogP contribution in [0.15, 0.2) is 0 Å². The van der Waals surface area contributed by atoms with E-state index in [4.69, 9.17) is 11.5 Å². The van der Waals surface area contributed by atoms with Crippen molar-refractivity contribution in [2.45, 2.75) is 13.0 Å². The molecule has 0 aromatic rings. The molecule has 0 aliphatic heterocycles. The number of rotatable bonds is 5. The quantitative estimate of drug-likeness (QED) is 0.339. The Labute approximate surface area is 56.0 Å². The molecule has 0 spiro atoms. The summed E-state index contributed by atoms with van der Waals surface area (Å²) in [6, 6.07) is 0.401. The molecule has 1 unspecified atom stereocenters. The molecule has 4 heteroatoms. The van der Waals surface area contributed by atoms with Crippen molar-refractivity contribution in [3.63, 3.8) is 0 Å². The smallest absolute Gasteiger partial charge is 0.0431 e. The molecule has 0 fully saturated rings. The topological polar surface area (TPSA) is 76.1 Å². The van der Waals surface area contributed by atoms with E-state index in [1.165, 1.54) is 0 Å². The molecule has 0 aromatic heterocycles. The van der Waals surface area contributed by atoms with E-state index < -0.39 is 0 Å². The van der Waals surface area contributed by atoms with Crippen molar-refractivity contribution in [2.24, 2.45) is 11.5 Å². The van der Waals surface area contributed by atoms with Crippen LogP contribution in [0.2, 0.25) is 0 Å². The first-order chi connectivity index (χ1) is 4.31. The third-order valence-electron chi connectivity index (χ3n) is 1.06. The maximum Gasteiger partial charge on any atom is 0.0431 e. The van der Waals surface area contributed by atoms with Crippen molar-refractivity contribution in [1.29, 1.82) is 0 Å². The summed E-state index contributed by atoms with van der Waals surface area (Å²) in [6.45, 7) is 3.97. The highest BCUT2D eigenvalue weighted by atomic mass is 15.0. The van der Waals surface area contributed by atoms with Gasteiger partial charge in [-0.1, -0.05) is 0 Å². The molecule has 0 saturated heterocycles. The molecular formula is C5H16N4. The average Bonchev–Trinajstić information content (AvgIpc) is 1.85. The van der Waals surface area contributed by atoms with Crippen LogP contribution in [-0.4, -0.2) is 25.9 Å². The zero-order valence-corrected chi connectivity index (χ0v) is 5.85. The van der Waals surface area contributed by atoms with Crippen LogP contribution in [0, 0.1) is 0 Å². The van der Waals surface area contributed by atoms with Gasteiger partial charge in [0.25, 0.3) is 0 Å². The van der Waals surface area contributed by atoms with Crippen molar-refractivity contribution in [1.82, 2.24) is 10.6 Å². The van der Waals surface area contributed by atoms with Crippen molar-refractivity contribution in [3.05, 3.63) is 0 Å². The summed E-state index contributed by atoms with van der Waals surface area (Å²) in [5, 5.41) is 6.03. The molecule has 0 aliphatic rings. The van der Waals surface area contributed by atoms with Crippen LogP contribution < -0.4 is 22.1 Å². The van der Waals surface area contributed by atoms with Gasteiger partial charge in [-0.2, -0.15) is 0 Å². The number of hydrogen-bond acceptors (Lipinski definition) is 4. The van der Waals surface area contributed by atoms with Gasteiger partial charge in [0.15, 0.2) is 0 Å². The lowest BCUT2D eigenvalue weighted by atomic mass is 10.3. The molecule has 0 heterocycles. The Morgan fingerprint density at radius 2 is 2.00 bits per heavy atom. The fourth-order valence-corrected chi connectivity index (χ4v) is 0.573. The first-order valence-corrected chi connectivity index (χ1v) is 3.15. The largest absolute Gasteiger partial charge is 0.318 e. The van der Waals surface area contributed by atoms with Gasteiger partial charge in [-0.05, 0) is 6.92 Å². The predicted octanol–water partition coefficient (Wildman–Crippen LogP) is -1.61. The lowest BCUT2D eigenvalue weighted by Crippen LogP contribution is -2.40. The monoisotopic (exact) mass is 132 g/mol. The van der Waals surface area contributed by atoms with Crippen molar-refractivity contribution < 1.29 is 0 Å². The van der Waals surface area contributed by atoms with Gasteiger partial charge in [0.2, 0.25) is 0 Å². The summed E-state index contributed by atoms with van der Waals surface area (Å²) < 4.78 is 0. The molecular weight excluding hydrogens is 116 g/mol. The Bertz CT molecular complexity index is 56.9. The second-order valence-electron chi connectivity index (χ2n) is 1.97. The summed E-state index contributed by atoms with van der Waals surface area (Å²) >= 11 is 0. The molecule has 6 N–H and O–H groups in total. The Hall–Kier alpha value is -0.160. The summed E-state index contributed by atoms with van der Waals surface area (Å²) in [5.74, 6) is 0. The summed E-state index contributed by atoms with van der Waals surface area (Å²) in [7, 11) is 0. The van der Waals surface area contributed by atoms with Crippen molar-refractivity contribution in [2.75, 3.05) is 19.9 Å². The van der Waals surface area contributed by atoms with Crippen molar-refractivity contribution in [3.8, 4) is 0 Å². The van der Waals surface area contributed by atoms with Gasteiger partial charge < -0.3 is 22.1 Å². The molecule has 9 heavy (non-hydrogen) atoms. The first-order valence-electron chi connectivity index (χ1n) is 3.15. The summed E-state index contributed by atoms with van der Waals surface area (Å²) in [5.41, 5.74) is 10.4. The van der Waals surface area contributed by atoms with Gasteiger partial charge in [-0.3, -0.25) is 0 Å².